The molecule has 2 heteroatoms. The van der Waals surface area contributed by atoms with Crippen LogP contribution in [0.25, 0.3) is 0 Å². The summed E-state index contributed by atoms with van der Waals surface area (Å²) in [5, 5.41) is 9.30. The fourth-order valence-electron chi connectivity index (χ4n) is 2.50. The van der Waals surface area contributed by atoms with Crippen LogP contribution in [0.4, 0.5) is 0 Å². The molecule has 1 aromatic carbocycles. The Morgan fingerprint density at radius 3 is 2.94 bits per heavy atom. The van der Waals surface area contributed by atoms with Crippen LogP contribution in [0.3, 0.4) is 0 Å². The number of benzene rings is 1. The highest BCUT2D eigenvalue weighted by atomic mass is 16.3. The summed E-state index contributed by atoms with van der Waals surface area (Å²) >= 11 is 0. The molecule has 2 rings (SSSR count). The van der Waals surface area contributed by atoms with Gasteiger partial charge in [-0.2, -0.15) is 0 Å². The standard InChI is InChI=1S/C14H21NO/c1-11-5-6-12(2)13(8-11)9-15-7-3-4-14(15)10-16/h5-6,8,14,16H,3-4,7,9-10H2,1-2H3/t14-/m0/s1. The van der Waals surface area contributed by atoms with Gasteiger partial charge in [0, 0.05) is 12.6 Å². The molecule has 0 bridgehead atoms. The lowest BCUT2D eigenvalue weighted by molar-refractivity contribution is 0.153. The van der Waals surface area contributed by atoms with Crippen LogP contribution in [0, 0.1) is 13.8 Å². The second kappa shape index (κ2) is 4.98. The zero-order valence-corrected chi connectivity index (χ0v) is 10.2. The van der Waals surface area contributed by atoms with E-state index >= 15 is 0 Å². The summed E-state index contributed by atoms with van der Waals surface area (Å²) in [6, 6.07) is 6.99. The van der Waals surface area contributed by atoms with Crippen LogP contribution in [0.2, 0.25) is 0 Å². The van der Waals surface area contributed by atoms with E-state index in [0.717, 1.165) is 19.5 Å². The third-order valence-electron chi connectivity index (χ3n) is 3.59. The summed E-state index contributed by atoms with van der Waals surface area (Å²) in [7, 11) is 0. The van der Waals surface area contributed by atoms with E-state index in [9.17, 15) is 5.11 Å². The molecule has 1 heterocycles. The number of aryl methyl sites for hydroxylation is 2. The lowest BCUT2D eigenvalue weighted by Crippen LogP contribution is -2.31. The molecule has 1 fully saturated rings. The number of aliphatic hydroxyl groups excluding tert-OH is 1. The monoisotopic (exact) mass is 219 g/mol. The van der Waals surface area contributed by atoms with Crippen LogP contribution < -0.4 is 0 Å². The van der Waals surface area contributed by atoms with E-state index in [2.05, 4.69) is 36.9 Å². The Balaban J connectivity index is 2.11. The number of hydrogen-bond acceptors (Lipinski definition) is 2. The smallest absolute Gasteiger partial charge is 0.0587 e. The van der Waals surface area contributed by atoms with Gasteiger partial charge in [-0.3, -0.25) is 4.90 Å². The largest absolute Gasteiger partial charge is 0.395 e. The zero-order valence-electron chi connectivity index (χ0n) is 10.2. The molecule has 1 aromatic rings. The molecule has 2 nitrogen and oxygen atoms in total. The first-order valence-corrected chi connectivity index (χ1v) is 6.11. The molecule has 16 heavy (non-hydrogen) atoms. The third kappa shape index (κ3) is 2.45. The van der Waals surface area contributed by atoms with Crippen LogP contribution in [0.1, 0.15) is 29.5 Å². The van der Waals surface area contributed by atoms with Gasteiger partial charge in [-0.15, -0.1) is 0 Å². The van der Waals surface area contributed by atoms with Crippen molar-refractivity contribution in [1.29, 1.82) is 0 Å². The van der Waals surface area contributed by atoms with Crippen LogP contribution >= 0.6 is 0 Å². The van der Waals surface area contributed by atoms with Crippen LogP contribution in [0.5, 0.6) is 0 Å². The topological polar surface area (TPSA) is 23.5 Å². The summed E-state index contributed by atoms with van der Waals surface area (Å²) in [5.74, 6) is 0. The molecular formula is C14H21NO. The number of nitrogens with zero attached hydrogens (tertiary/aromatic N) is 1. The average molecular weight is 219 g/mol. The fraction of sp³-hybridized carbons (Fsp3) is 0.571. The second-order valence-corrected chi connectivity index (χ2v) is 4.88. The van der Waals surface area contributed by atoms with Crippen molar-refractivity contribution in [2.24, 2.45) is 0 Å². The number of aliphatic hydroxyl groups is 1. The van der Waals surface area contributed by atoms with Crippen molar-refractivity contribution in [3.05, 3.63) is 34.9 Å². The highest BCUT2D eigenvalue weighted by Gasteiger charge is 2.23. The minimum atomic E-state index is 0.296. The van der Waals surface area contributed by atoms with Gasteiger partial charge in [-0.1, -0.05) is 23.8 Å². The average Bonchev–Trinajstić information content (AvgIpc) is 2.71. The van der Waals surface area contributed by atoms with Crippen molar-refractivity contribution in [3.8, 4) is 0 Å². The van der Waals surface area contributed by atoms with E-state index in [1.54, 1.807) is 0 Å². The van der Waals surface area contributed by atoms with Crippen LogP contribution in [-0.4, -0.2) is 29.2 Å². The van der Waals surface area contributed by atoms with Gasteiger partial charge in [0.2, 0.25) is 0 Å². The summed E-state index contributed by atoms with van der Waals surface area (Å²) in [6.45, 7) is 6.71. The maximum absolute atomic E-state index is 9.30. The predicted octanol–water partition coefficient (Wildman–Crippen LogP) is 2.26. The lowest BCUT2D eigenvalue weighted by atomic mass is 10.0. The molecule has 1 aliphatic rings. The first kappa shape index (κ1) is 11.6. The van der Waals surface area contributed by atoms with Gasteiger partial charge in [0.25, 0.3) is 0 Å². The van der Waals surface area contributed by atoms with Crippen molar-refractivity contribution >= 4 is 0 Å². The minimum absolute atomic E-state index is 0.296. The van der Waals surface area contributed by atoms with Crippen molar-refractivity contribution in [2.45, 2.75) is 39.3 Å². The van der Waals surface area contributed by atoms with E-state index < -0.39 is 0 Å². The SMILES string of the molecule is Cc1ccc(C)c(CN2CCC[C@H]2CO)c1. The maximum Gasteiger partial charge on any atom is 0.0587 e. The van der Waals surface area contributed by atoms with Crippen LogP contribution in [-0.2, 0) is 6.54 Å². The van der Waals surface area contributed by atoms with Gasteiger partial charge in [0.15, 0.2) is 0 Å². The quantitative estimate of drug-likeness (QED) is 0.843. The van der Waals surface area contributed by atoms with Crippen molar-refractivity contribution < 1.29 is 5.11 Å². The Labute approximate surface area is 97.9 Å². The second-order valence-electron chi connectivity index (χ2n) is 4.88. The van der Waals surface area contributed by atoms with Gasteiger partial charge in [0.05, 0.1) is 6.61 Å². The molecule has 1 saturated heterocycles. The normalized spacial score (nSPS) is 21.6. The summed E-state index contributed by atoms with van der Waals surface area (Å²) in [4.78, 5) is 2.40. The highest BCUT2D eigenvalue weighted by Crippen LogP contribution is 2.21. The Bertz CT molecular complexity index is 362. The summed E-state index contributed by atoms with van der Waals surface area (Å²) < 4.78 is 0. The van der Waals surface area contributed by atoms with Crippen molar-refractivity contribution in [2.75, 3.05) is 13.2 Å². The Kier molecular flexibility index (Phi) is 3.62. The van der Waals surface area contributed by atoms with E-state index in [1.807, 2.05) is 0 Å². The third-order valence-corrected chi connectivity index (χ3v) is 3.59. The van der Waals surface area contributed by atoms with Crippen molar-refractivity contribution in [3.63, 3.8) is 0 Å². The van der Waals surface area contributed by atoms with Gasteiger partial charge >= 0.3 is 0 Å². The molecule has 0 radical (unpaired) electrons. The first-order chi connectivity index (χ1) is 7.70. The minimum Gasteiger partial charge on any atom is -0.395 e. The summed E-state index contributed by atoms with van der Waals surface area (Å²) in [5.41, 5.74) is 4.08. The highest BCUT2D eigenvalue weighted by molar-refractivity contribution is 5.30. The zero-order chi connectivity index (χ0) is 11.5. The number of likely N-dealkylation sites (tertiary alicyclic amines) is 1. The van der Waals surface area contributed by atoms with E-state index in [0.29, 0.717) is 12.6 Å². The molecule has 0 aliphatic carbocycles. The lowest BCUT2D eigenvalue weighted by Gasteiger charge is -2.23. The number of hydrogen-bond donors (Lipinski definition) is 1. The van der Waals surface area contributed by atoms with E-state index in [4.69, 9.17) is 0 Å². The molecule has 1 aliphatic heterocycles. The maximum atomic E-state index is 9.30. The summed E-state index contributed by atoms with van der Waals surface area (Å²) in [6.07, 6.45) is 2.36. The van der Waals surface area contributed by atoms with Gasteiger partial charge < -0.3 is 5.11 Å². The van der Waals surface area contributed by atoms with Crippen molar-refractivity contribution in [1.82, 2.24) is 4.90 Å². The Morgan fingerprint density at radius 2 is 2.19 bits per heavy atom. The molecule has 0 amide bonds. The molecule has 1 atom stereocenters. The van der Waals surface area contributed by atoms with E-state index in [1.165, 1.54) is 23.1 Å². The number of rotatable bonds is 3. The molecule has 88 valence electrons. The van der Waals surface area contributed by atoms with Crippen LogP contribution in [0.15, 0.2) is 18.2 Å². The molecule has 1 N–H and O–H groups in total. The molecule has 0 saturated carbocycles. The molecule has 0 unspecified atom stereocenters. The predicted molar refractivity (Wildman–Crippen MR) is 66.4 cm³/mol. The first-order valence-electron chi connectivity index (χ1n) is 6.11. The Morgan fingerprint density at radius 1 is 1.38 bits per heavy atom. The van der Waals surface area contributed by atoms with Gasteiger partial charge in [0.1, 0.15) is 0 Å². The van der Waals surface area contributed by atoms with Gasteiger partial charge in [-0.25, -0.2) is 0 Å². The molecule has 0 aromatic heterocycles. The molecule has 0 spiro atoms. The fourth-order valence-corrected chi connectivity index (χ4v) is 2.50. The molecular weight excluding hydrogens is 198 g/mol. The Hall–Kier alpha value is -0.860. The van der Waals surface area contributed by atoms with Gasteiger partial charge in [-0.05, 0) is 44.4 Å². The van der Waals surface area contributed by atoms with E-state index in [-0.39, 0.29) is 0 Å².